The maximum Gasteiger partial charge on any atom is 0.336 e. The number of allylic oxidation sites excluding steroid dienone is 2. The monoisotopic (exact) mass is 548 g/mol. The number of rotatable bonds is 23. The summed E-state index contributed by atoms with van der Waals surface area (Å²) < 4.78 is 4.36. The third-order valence-electron chi connectivity index (χ3n) is 5.58. The lowest BCUT2D eigenvalue weighted by molar-refractivity contribution is -0.172. The standard InChI is InChI=1S/C18H34O2.C9H14O9/c1-2-3-4-5-6-7-8-9-10-11-12-13-14-15-16-17-18(19)20;10-3-5(11)4-18-7(14)2-9(17,8(15)16)1-6(12)13/h9-10H,2-8,11-17H2,1H3,(H,19,20);5,10-11,17H,1-4H2,(H,12,13)(H,15,16)/b10-9-;. The van der Waals surface area contributed by atoms with E-state index < -0.39 is 61.6 Å². The summed E-state index contributed by atoms with van der Waals surface area (Å²) in [5.74, 6) is -5.33. The average molecular weight is 549 g/mol. The highest BCUT2D eigenvalue weighted by atomic mass is 16.5. The second-order valence-electron chi connectivity index (χ2n) is 9.33. The Labute approximate surface area is 225 Å². The fourth-order valence-electron chi connectivity index (χ4n) is 3.34. The number of ether oxygens (including phenoxy) is 1. The van der Waals surface area contributed by atoms with Crippen LogP contribution in [0.3, 0.4) is 0 Å². The molecule has 0 aliphatic heterocycles. The summed E-state index contributed by atoms with van der Waals surface area (Å²) >= 11 is 0. The Kier molecular flexibility index (Phi) is 24.6. The first-order valence-electron chi connectivity index (χ1n) is 13.5. The van der Waals surface area contributed by atoms with Crippen LogP contribution in [0.1, 0.15) is 110 Å². The minimum Gasteiger partial charge on any atom is -0.481 e. The largest absolute Gasteiger partial charge is 0.481 e. The molecule has 0 amide bonds. The summed E-state index contributed by atoms with van der Waals surface area (Å²) in [6.45, 7) is 1.01. The van der Waals surface area contributed by atoms with Crippen molar-refractivity contribution in [3.8, 4) is 0 Å². The van der Waals surface area contributed by atoms with E-state index in [-0.39, 0.29) is 0 Å². The first-order chi connectivity index (χ1) is 18.0. The Morgan fingerprint density at radius 3 is 1.71 bits per heavy atom. The molecule has 0 aromatic heterocycles. The van der Waals surface area contributed by atoms with Crippen LogP contribution in [-0.4, -0.2) is 79.4 Å². The van der Waals surface area contributed by atoms with E-state index in [0.717, 1.165) is 12.8 Å². The molecule has 0 saturated heterocycles. The number of carbonyl (C=O) groups is 4. The Hall–Kier alpha value is -2.50. The predicted molar refractivity (Wildman–Crippen MR) is 141 cm³/mol. The Morgan fingerprint density at radius 1 is 0.763 bits per heavy atom. The second kappa shape index (κ2) is 24.8. The van der Waals surface area contributed by atoms with Gasteiger partial charge >= 0.3 is 23.9 Å². The van der Waals surface area contributed by atoms with Crippen molar-refractivity contribution in [3.63, 3.8) is 0 Å². The van der Waals surface area contributed by atoms with Crippen LogP contribution in [0, 0.1) is 0 Å². The van der Waals surface area contributed by atoms with Crippen molar-refractivity contribution in [2.75, 3.05) is 13.2 Å². The molecule has 0 aromatic carbocycles. The Balaban J connectivity index is 0. The van der Waals surface area contributed by atoms with E-state index in [9.17, 15) is 24.3 Å². The van der Waals surface area contributed by atoms with Gasteiger partial charge in [0.1, 0.15) is 12.7 Å². The second-order valence-corrected chi connectivity index (χ2v) is 9.33. The SMILES string of the molecule is CCCCCCCC/C=C\CCCCCCCC(=O)O.O=C(O)CC(O)(CC(=O)OCC(O)CO)C(=O)O. The number of hydrogen-bond donors (Lipinski definition) is 6. The van der Waals surface area contributed by atoms with Crippen LogP contribution in [0.2, 0.25) is 0 Å². The maximum atomic E-state index is 11.1. The number of carboxylic acids is 3. The highest BCUT2D eigenvalue weighted by molar-refractivity contribution is 5.88. The summed E-state index contributed by atoms with van der Waals surface area (Å²) in [6, 6.07) is 0. The molecule has 0 fully saturated rings. The van der Waals surface area contributed by atoms with Crippen molar-refractivity contribution in [1.29, 1.82) is 0 Å². The van der Waals surface area contributed by atoms with Crippen LogP contribution < -0.4 is 0 Å². The van der Waals surface area contributed by atoms with Gasteiger partial charge in [0.25, 0.3) is 0 Å². The van der Waals surface area contributed by atoms with Crippen molar-refractivity contribution < 1.29 is 54.6 Å². The number of aliphatic hydroxyl groups is 3. The van der Waals surface area contributed by atoms with Gasteiger partial charge in [0.2, 0.25) is 0 Å². The van der Waals surface area contributed by atoms with E-state index in [1.807, 2.05) is 0 Å². The molecule has 11 nitrogen and oxygen atoms in total. The first-order valence-corrected chi connectivity index (χ1v) is 13.5. The van der Waals surface area contributed by atoms with Crippen molar-refractivity contribution in [2.45, 2.75) is 121 Å². The zero-order valence-electron chi connectivity index (χ0n) is 22.7. The average Bonchev–Trinajstić information content (AvgIpc) is 2.84. The number of carboxylic acid groups (broad SMARTS) is 3. The molecule has 2 unspecified atom stereocenters. The summed E-state index contributed by atoms with van der Waals surface area (Å²) in [5, 5.41) is 52.3. The topological polar surface area (TPSA) is 199 Å². The van der Waals surface area contributed by atoms with Crippen molar-refractivity contribution in [3.05, 3.63) is 12.2 Å². The molecular weight excluding hydrogens is 500 g/mol. The highest BCUT2D eigenvalue weighted by Crippen LogP contribution is 2.17. The van der Waals surface area contributed by atoms with E-state index in [2.05, 4.69) is 23.8 Å². The van der Waals surface area contributed by atoms with Crippen LogP contribution in [-0.2, 0) is 23.9 Å². The number of aliphatic hydroxyl groups excluding tert-OH is 2. The molecule has 2 atom stereocenters. The molecule has 0 radical (unpaired) electrons. The van der Waals surface area contributed by atoms with Gasteiger partial charge in [0.15, 0.2) is 5.60 Å². The highest BCUT2D eigenvalue weighted by Gasteiger charge is 2.41. The van der Waals surface area contributed by atoms with Crippen LogP contribution in [0.5, 0.6) is 0 Å². The fraction of sp³-hybridized carbons (Fsp3) is 0.778. The zero-order chi connectivity index (χ0) is 29.2. The molecule has 0 aliphatic rings. The van der Waals surface area contributed by atoms with Gasteiger partial charge in [-0.2, -0.15) is 0 Å². The van der Waals surface area contributed by atoms with E-state index in [1.165, 1.54) is 70.6 Å². The van der Waals surface area contributed by atoms with Crippen LogP contribution in [0.25, 0.3) is 0 Å². The number of esters is 1. The minimum atomic E-state index is -2.77. The molecule has 0 saturated carbocycles. The Morgan fingerprint density at radius 2 is 1.26 bits per heavy atom. The van der Waals surface area contributed by atoms with Gasteiger partial charge in [-0.15, -0.1) is 0 Å². The summed E-state index contributed by atoms with van der Waals surface area (Å²) in [4.78, 5) is 42.5. The molecule has 0 bridgehead atoms. The third-order valence-corrected chi connectivity index (χ3v) is 5.58. The number of unbranched alkanes of at least 4 members (excludes halogenated alkanes) is 11. The molecule has 11 heteroatoms. The summed E-state index contributed by atoms with van der Waals surface area (Å²) in [6.07, 6.45) is 17.7. The van der Waals surface area contributed by atoms with E-state index >= 15 is 0 Å². The quantitative estimate of drug-likeness (QED) is 0.0618. The van der Waals surface area contributed by atoms with E-state index in [1.54, 1.807) is 0 Å². The van der Waals surface area contributed by atoms with Crippen LogP contribution in [0.4, 0.5) is 0 Å². The van der Waals surface area contributed by atoms with E-state index in [0.29, 0.717) is 6.42 Å². The molecule has 0 heterocycles. The lowest BCUT2D eigenvalue weighted by atomic mass is 9.96. The third kappa shape index (κ3) is 25.2. The fourth-order valence-corrected chi connectivity index (χ4v) is 3.34. The van der Waals surface area contributed by atoms with Gasteiger partial charge in [-0.1, -0.05) is 70.4 Å². The van der Waals surface area contributed by atoms with Crippen molar-refractivity contribution >= 4 is 23.9 Å². The molecule has 6 N–H and O–H groups in total. The molecule has 222 valence electrons. The van der Waals surface area contributed by atoms with Crippen molar-refractivity contribution in [2.24, 2.45) is 0 Å². The first kappa shape index (κ1) is 37.7. The molecular formula is C27H48O11. The molecule has 0 aromatic rings. The lowest BCUT2D eigenvalue weighted by Crippen LogP contribution is -2.43. The molecule has 38 heavy (non-hydrogen) atoms. The van der Waals surface area contributed by atoms with Crippen LogP contribution >= 0.6 is 0 Å². The lowest BCUT2D eigenvalue weighted by Gasteiger charge is -2.20. The number of aliphatic carboxylic acids is 3. The zero-order valence-corrected chi connectivity index (χ0v) is 22.7. The Bertz CT molecular complexity index is 678. The summed E-state index contributed by atoms with van der Waals surface area (Å²) in [7, 11) is 0. The van der Waals surface area contributed by atoms with Gasteiger partial charge in [-0.25, -0.2) is 4.79 Å². The van der Waals surface area contributed by atoms with Gasteiger partial charge in [-0.05, 0) is 32.1 Å². The summed E-state index contributed by atoms with van der Waals surface area (Å²) in [5.41, 5.74) is -2.77. The minimum absolute atomic E-state index is 0.332. The normalized spacial score (nSPS) is 13.3. The van der Waals surface area contributed by atoms with Gasteiger partial charge in [0, 0.05) is 6.42 Å². The smallest absolute Gasteiger partial charge is 0.336 e. The van der Waals surface area contributed by atoms with Gasteiger partial charge in [-0.3, -0.25) is 14.4 Å². The van der Waals surface area contributed by atoms with Crippen LogP contribution in [0.15, 0.2) is 12.2 Å². The maximum absolute atomic E-state index is 11.1. The molecule has 0 rings (SSSR count). The van der Waals surface area contributed by atoms with Gasteiger partial charge in [0.05, 0.1) is 19.4 Å². The predicted octanol–water partition coefficient (Wildman–Crippen LogP) is 3.67. The number of carbonyl (C=O) groups excluding carboxylic acids is 1. The van der Waals surface area contributed by atoms with Gasteiger partial charge < -0.3 is 35.4 Å². The molecule has 0 aliphatic carbocycles. The molecule has 0 spiro atoms. The number of hydrogen-bond acceptors (Lipinski definition) is 8. The van der Waals surface area contributed by atoms with Crippen molar-refractivity contribution in [1.82, 2.24) is 0 Å². The van der Waals surface area contributed by atoms with E-state index in [4.69, 9.17) is 25.5 Å².